The first-order valence-corrected chi connectivity index (χ1v) is 7.17. The molecular formula is C19H15FN2O. The Morgan fingerprint density at radius 1 is 0.826 bits per heavy atom. The van der Waals surface area contributed by atoms with E-state index in [1.54, 1.807) is 18.3 Å². The Bertz CT molecular complexity index is 786. The summed E-state index contributed by atoms with van der Waals surface area (Å²) in [6.45, 7) is 0. The lowest BCUT2D eigenvalue weighted by atomic mass is 10.2. The molecule has 0 unspecified atom stereocenters. The summed E-state index contributed by atoms with van der Waals surface area (Å²) in [5.74, 6) is 1.25. The molecule has 0 atom stereocenters. The maximum Gasteiger partial charge on any atom is 0.128 e. The van der Waals surface area contributed by atoms with Gasteiger partial charge in [-0.15, -0.1) is 0 Å². The molecule has 3 rings (SSSR count). The summed E-state index contributed by atoms with van der Waals surface area (Å²) in [5, 5.41) is 4.14. The van der Waals surface area contributed by atoms with Crippen molar-refractivity contribution in [1.82, 2.24) is 0 Å². The van der Waals surface area contributed by atoms with Gasteiger partial charge in [0.05, 0.1) is 11.9 Å². The van der Waals surface area contributed by atoms with Gasteiger partial charge in [0.1, 0.15) is 17.3 Å². The van der Waals surface area contributed by atoms with E-state index < -0.39 is 0 Å². The molecule has 0 bridgehead atoms. The Balaban J connectivity index is 1.65. The fourth-order valence-corrected chi connectivity index (χ4v) is 1.99. The van der Waals surface area contributed by atoms with Crippen LogP contribution < -0.4 is 10.2 Å². The number of hydrogen-bond donors (Lipinski definition) is 1. The van der Waals surface area contributed by atoms with E-state index in [1.807, 2.05) is 54.6 Å². The normalized spacial score (nSPS) is 10.7. The van der Waals surface area contributed by atoms with E-state index in [0.717, 1.165) is 22.7 Å². The Morgan fingerprint density at radius 3 is 2.35 bits per heavy atom. The Labute approximate surface area is 134 Å². The topological polar surface area (TPSA) is 33.6 Å². The standard InChI is InChI=1S/C19H15FN2O/c20-16-9-11-17(12-10-16)22-21-14-15-5-4-8-19(13-15)23-18-6-2-1-3-7-18/h1-14,22H/b21-14+. The number of ether oxygens (including phenoxy) is 1. The van der Waals surface area contributed by atoms with E-state index in [-0.39, 0.29) is 5.82 Å². The van der Waals surface area contributed by atoms with Crippen molar-refractivity contribution in [3.05, 3.63) is 90.2 Å². The van der Waals surface area contributed by atoms with Gasteiger partial charge in [-0.1, -0.05) is 30.3 Å². The number of benzene rings is 3. The van der Waals surface area contributed by atoms with Gasteiger partial charge < -0.3 is 4.74 Å². The lowest BCUT2D eigenvalue weighted by Crippen LogP contribution is -1.91. The fraction of sp³-hybridized carbons (Fsp3) is 0. The molecule has 0 saturated carbocycles. The number of nitrogens with one attached hydrogen (secondary N) is 1. The van der Waals surface area contributed by atoms with Crippen molar-refractivity contribution < 1.29 is 9.13 Å². The van der Waals surface area contributed by atoms with Crippen molar-refractivity contribution in [3.8, 4) is 11.5 Å². The highest BCUT2D eigenvalue weighted by Crippen LogP contribution is 2.21. The molecule has 0 heterocycles. The van der Waals surface area contributed by atoms with E-state index in [0.29, 0.717) is 0 Å². The molecular weight excluding hydrogens is 291 g/mol. The molecule has 1 N–H and O–H groups in total. The second kappa shape index (κ2) is 7.22. The molecule has 0 aromatic heterocycles. The van der Waals surface area contributed by atoms with Crippen molar-refractivity contribution in [3.63, 3.8) is 0 Å². The zero-order valence-corrected chi connectivity index (χ0v) is 12.3. The molecule has 0 aliphatic carbocycles. The summed E-state index contributed by atoms with van der Waals surface area (Å²) in [7, 11) is 0. The third-order valence-electron chi connectivity index (χ3n) is 3.09. The van der Waals surface area contributed by atoms with Crippen LogP contribution in [0, 0.1) is 5.82 Å². The molecule has 0 radical (unpaired) electrons. The number of nitrogens with zero attached hydrogens (tertiary/aromatic N) is 1. The molecule has 0 amide bonds. The molecule has 23 heavy (non-hydrogen) atoms. The molecule has 0 spiro atoms. The first-order valence-electron chi connectivity index (χ1n) is 7.17. The SMILES string of the molecule is Fc1ccc(N/N=C/c2cccc(Oc3ccccc3)c2)cc1. The van der Waals surface area contributed by atoms with Crippen LogP contribution in [0.2, 0.25) is 0 Å². The number of rotatable bonds is 5. The van der Waals surface area contributed by atoms with Crippen LogP contribution in [0.15, 0.2) is 84.0 Å². The van der Waals surface area contributed by atoms with Gasteiger partial charge in [-0.25, -0.2) is 4.39 Å². The molecule has 0 saturated heterocycles. The minimum Gasteiger partial charge on any atom is -0.457 e. The highest BCUT2D eigenvalue weighted by molar-refractivity contribution is 5.80. The van der Waals surface area contributed by atoms with Gasteiger partial charge >= 0.3 is 0 Å². The van der Waals surface area contributed by atoms with Crippen molar-refractivity contribution in [2.45, 2.75) is 0 Å². The first-order chi connectivity index (χ1) is 11.3. The number of hydrogen-bond acceptors (Lipinski definition) is 3. The quantitative estimate of drug-likeness (QED) is 0.528. The van der Waals surface area contributed by atoms with E-state index >= 15 is 0 Å². The van der Waals surface area contributed by atoms with E-state index in [2.05, 4.69) is 10.5 Å². The predicted octanol–water partition coefficient (Wildman–Crippen LogP) is 5.06. The minimum atomic E-state index is -0.273. The summed E-state index contributed by atoms with van der Waals surface area (Å²) in [4.78, 5) is 0. The van der Waals surface area contributed by atoms with Crippen LogP contribution in [0.3, 0.4) is 0 Å². The molecule has 3 aromatic carbocycles. The summed E-state index contributed by atoms with van der Waals surface area (Å²) < 4.78 is 18.6. The van der Waals surface area contributed by atoms with Crippen molar-refractivity contribution in [2.24, 2.45) is 5.10 Å². The molecule has 114 valence electrons. The highest BCUT2D eigenvalue weighted by Gasteiger charge is 1.97. The second-order valence-electron chi connectivity index (χ2n) is 4.86. The van der Waals surface area contributed by atoms with Crippen LogP contribution in [0.25, 0.3) is 0 Å². The highest BCUT2D eigenvalue weighted by atomic mass is 19.1. The zero-order chi connectivity index (χ0) is 15.9. The number of anilines is 1. The number of para-hydroxylation sites is 1. The van der Waals surface area contributed by atoms with Crippen LogP contribution in [-0.4, -0.2) is 6.21 Å². The van der Waals surface area contributed by atoms with Gasteiger partial charge in [-0.3, -0.25) is 5.43 Å². The van der Waals surface area contributed by atoms with E-state index in [1.165, 1.54) is 12.1 Å². The summed E-state index contributed by atoms with van der Waals surface area (Å²) in [6, 6.07) is 23.2. The summed E-state index contributed by atoms with van der Waals surface area (Å²) in [6.07, 6.45) is 1.68. The van der Waals surface area contributed by atoms with Gasteiger partial charge in [0, 0.05) is 0 Å². The average Bonchev–Trinajstić information content (AvgIpc) is 2.58. The minimum absolute atomic E-state index is 0.273. The zero-order valence-electron chi connectivity index (χ0n) is 12.3. The van der Waals surface area contributed by atoms with Gasteiger partial charge in [-0.2, -0.15) is 5.10 Å². The Morgan fingerprint density at radius 2 is 1.57 bits per heavy atom. The smallest absolute Gasteiger partial charge is 0.128 e. The second-order valence-corrected chi connectivity index (χ2v) is 4.86. The molecule has 4 heteroatoms. The molecule has 0 aliphatic heterocycles. The lowest BCUT2D eigenvalue weighted by Gasteiger charge is -2.05. The molecule has 3 nitrogen and oxygen atoms in total. The lowest BCUT2D eigenvalue weighted by molar-refractivity contribution is 0.482. The van der Waals surface area contributed by atoms with Gasteiger partial charge in [0.2, 0.25) is 0 Å². The average molecular weight is 306 g/mol. The van der Waals surface area contributed by atoms with Crippen molar-refractivity contribution in [2.75, 3.05) is 5.43 Å². The summed E-state index contributed by atoms with van der Waals surface area (Å²) in [5.41, 5.74) is 4.47. The van der Waals surface area contributed by atoms with Crippen LogP contribution >= 0.6 is 0 Å². The monoisotopic (exact) mass is 306 g/mol. The Kier molecular flexibility index (Phi) is 4.64. The predicted molar refractivity (Wildman–Crippen MR) is 90.6 cm³/mol. The molecule has 0 fully saturated rings. The number of halogens is 1. The maximum atomic E-state index is 12.8. The van der Waals surface area contributed by atoms with Crippen molar-refractivity contribution >= 4 is 11.9 Å². The summed E-state index contributed by atoms with van der Waals surface area (Å²) >= 11 is 0. The van der Waals surface area contributed by atoms with Crippen LogP contribution in [-0.2, 0) is 0 Å². The maximum absolute atomic E-state index is 12.8. The molecule has 0 aliphatic rings. The third kappa shape index (κ3) is 4.41. The van der Waals surface area contributed by atoms with E-state index in [4.69, 9.17) is 4.74 Å². The number of hydrazone groups is 1. The fourth-order valence-electron chi connectivity index (χ4n) is 1.99. The van der Waals surface area contributed by atoms with Crippen molar-refractivity contribution in [1.29, 1.82) is 0 Å². The largest absolute Gasteiger partial charge is 0.457 e. The first kappa shape index (κ1) is 14.8. The van der Waals surface area contributed by atoms with Crippen LogP contribution in [0.5, 0.6) is 11.5 Å². The third-order valence-corrected chi connectivity index (χ3v) is 3.09. The van der Waals surface area contributed by atoms with Crippen LogP contribution in [0.4, 0.5) is 10.1 Å². The van der Waals surface area contributed by atoms with Crippen LogP contribution in [0.1, 0.15) is 5.56 Å². The molecule has 3 aromatic rings. The Hall–Kier alpha value is -3.14. The van der Waals surface area contributed by atoms with Gasteiger partial charge in [0.15, 0.2) is 0 Å². The van der Waals surface area contributed by atoms with E-state index in [9.17, 15) is 4.39 Å². The van der Waals surface area contributed by atoms with Gasteiger partial charge in [-0.05, 0) is 54.1 Å². The van der Waals surface area contributed by atoms with Gasteiger partial charge in [0.25, 0.3) is 0 Å².